The molecule has 0 saturated carbocycles. The fraction of sp³-hybridized carbons (Fsp3) is 0.243. The average Bonchev–Trinajstić information content (AvgIpc) is 3.27. The van der Waals surface area contributed by atoms with Gasteiger partial charge in [-0.1, -0.05) is 94.8 Å². The van der Waals surface area contributed by atoms with Crippen LogP contribution in [0.25, 0.3) is 0 Å². The number of nitrogens with one attached hydrogen (secondary N) is 1. The van der Waals surface area contributed by atoms with Crippen LogP contribution in [0.1, 0.15) is 72.4 Å². The van der Waals surface area contributed by atoms with Gasteiger partial charge in [-0.05, 0) is 63.1 Å². The first-order valence-corrected chi connectivity index (χ1v) is 15.6. The first-order valence-electron chi connectivity index (χ1n) is 14.8. The van der Waals surface area contributed by atoms with Gasteiger partial charge in [0.15, 0.2) is 5.78 Å². The van der Waals surface area contributed by atoms with Gasteiger partial charge in [0.25, 0.3) is 5.91 Å². The topological polar surface area (TPSA) is 58.6 Å². The molecule has 1 aliphatic rings. The van der Waals surface area contributed by atoms with Crippen LogP contribution >= 0.6 is 15.9 Å². The van der Waals surface area contributed by atoms with Crippen molar-refractivity contribution in [3.63, 3.8) is 0 Å². The number of ether oxygens (including phenoxy) is 1. The maximum absolute atomic E-state index is 14.5. The number of amides is 1. The van der Waals surface area contributed by atoms with Crippen molar-refractivity contribution in [2.24, 2.45) is 0 Å². The number of hydrogen-bond acceptors (Lipinski definition) is 4. The number of alkyl halides is 3. The van der Waals surface area contributed by atoms with Gasteiger partial charge in [-0.2, -0.15) is 13.2 Å². The summed E-state index contributed by atoms with van der Waals surface area (Å²) in [6.45, 7) is 7.03. The van der Waals surface area contributed by atoms with Crippen LogP contribution in [0, 0.1) is 0 Å². The number of ketones is 1. The van der Waals surface area contributed by atoms with E-state index in [1.807, 2.05) is 67.6 Å². The summed E-state index contributed by atoms with van der Waals surface area (Å²) < 4.78 is 48.1. The average molecular weight is 692 g/mol. The Morgan fingerprint density at radius 2 is 1.52 bits per heavy atom. The van der Waals surface area contributed by atoms with Gasteiger partial charge in [0.2, 0.25) is 0 Å². The van der Waals surface area contributed by atoms with Crippen molar-refractivity contribution < 1.29 is 27.5 Å². The van der Waals surface area contributed by atoms with Crippen molar-refractivity contribution in [2.75, 3.05) is 0 Å². The van der Waals surface area contributed by atoms with Crippen molar-refractivity contribution >= 4 is 27.6 Å². The highest BCUT2D eigenvalue weighted by molar-refractivity contribution is 9.10. The van der Waals surface area contributed by atoms with E-state index in [1.165, 1.54) is 11.0 Å². The van der Waals surface area contributed by atoms with E-state index < -0.39 is 29.3 Å². The zero-order chi connectivity index (χ0) is 33.2. The summed E-state index contributed by atoms with van der Waals surface area (Å²) in [5, 5.41) is 3.33. The third-order valence-electron chi connectivity index (χ3n) is 7.61. The predicted octanol–water partition coefficient (Wildman–Crippen LogP) is 9.22. The standard InChI is InChI=1S/C37H34BrF3N2O3/c1-23(24-11-7-5-8-12-24)42-32-31(34(44)26-13-9-6-10-14-26)33(25-16-19-29(38)20-17-25)43(35(32)45)22-27-15-18-28(37(39,40)41)21-30(27)46-36(2,3)4/h5-21,23,33,42H,22H2,1-4H3/t23-,33?/m1/s1. The third-order valence-corrected chi connectivity index (χ3v) is 8.14. The highest BCUT2D eigenvalue weighted by Gasteiger charge is 2.44. The van der Waals surface area contributed by atoms with Crippen LogP contribution in [0.3, 0.4) is 0 Å². The molecule has 1 heterocycles. The molecule has 0 aromatic heterocycles. The lowest BCUT2D eigenvalue weighted by Crippen LogP contribution is -2.33. The van der Waals surface area contributed by atoms with Crippen molar-refractivity contribution in [2.45, 2.75) is 58.1 Å². The van der Waals surface area contributed by atoms with Gasteiger partial charge in [0.05, 0.1) is 23.7 Å². The van der Waals surface area contributed by atoms with Gasteiger partial charge in [-0.3, -0.25) is 9.59 Å². The molecule has 1 N–H and O–H groups in total. The highest BCUT2D eigenvalue weighted by atomic mass is 79.9. The first kappa shape index (κ1) is 33.0. The molecule has 0 fully saturated rings. The predicted molar refractivity (Wildman–Crippen MR) is 175 cm³/mol. The lowest BCUT2D eigenvalue weighted by atomic mass is 9.92. The van der Waals surface area contributed by atoms with Gasteiger partial charge in [-0.25, -0.2) is 0 Å². The number of Topliss-reactive ketones (excluding diaryl/α,β-unsaturated/α-hetero) is 1. The first-order chi connectivity index (χ1) is 21.7. The molecule has 1 amide bonds. The van der Waals surface area contributed by atoms with Crippen molar-refractivity contribution in [1.82, 2.24) is 10.2 Å². The van der Waals surface area contributed by atoms with E-state index in [4.69, 9.17) is 4.74 Å². The normalized spacial score (nSPS) is 16.0. The molecule has 0 bridgehead atoms. The van der Waals surface area contributed by atoms with E-state index in [2.05, 4.69) is 21.2 Å². The zero-order valence-electron chi connectivity index (χ0n) is 25.9. The fourth-order valence-electron chi connectivity index (χ4n) is 5.46. The van der Waals surface area contributed by atoms with E-state index in [0.29, 0.717) is 16.7 Å². The molecule has 0 saturated heterocycles. The molecule has 4 aromatic carbocycles. The molecule has 9 heteroatoms. The number of benzene rings is 4. The van der Waals surface area contributed by atoms with Crippen LogP contribution in [0.5, 0.6) is 5.75 Å². The van der Waals surface area contributed by atoms with E-state index in [0.717, 1.165) is 22.2 Å². The Labute approximate surface area is 275 Å². The van der Waals surface area contributed by atoms with Crippen LogP contribution in [-0.2, 0) is 17.5 Å². The molecule has 0 radical (unpaired) electrons. The smallest absolute Gasteiger partial charge is 0.416 e. The second-order valence-electron chi connectivity index (χ2n) is 12.2. The van der Waals surface area contributed by atoms with E-state index in [9.17, 15) is 22.8 Å². The summed E-state index contributed by atoms with van der Waals surface area (Å²) >= 11 is 3.47. The number of hydrogen-bond donors (Lipinski definition) is 1. The fourth-order valence-corrected chi connectivity index (χ4v) is 5.72. The van der Waals surface area contributed by atoms with Crippen molar-refractivity contribution in [3.8, 4) is 5.75 Å². The molecule has 5 nitrogen and oxygen atoms in total. The molecular weight excluding hydrogens is 657 g/mol. The molecule has 1 unspecified atom stereocenters. The molecular formula is C37H34BrF3N2O3. The minimum Gasteiger partial charge on any atom is -0.488 e. The quantitative estimate of drug-likeness (QED) is 0.178. The number of carbonyl (C=O) groups excluding carboxylic acids is 2. The molecule has 5 rings (SSSR count). The van der Waals surface area contributed by atoms with Crippen LogP contribution in [0.2, 0.25) is 0 Å². The summed E-state index contributed by atoms with van der Waals surface area (Å²) in [5.74, 6) is -0.762. The zero-order valence-corrected chi connectivity index (χ0v) is 27.4. The Hall–Kier alpha value is -4.37. The van der Waals surface area contributed by atoms with Crippen molar-refractivity contribution in [3.05, 3.63) is 147 Å². The number of rotatable bonds is 9. The maximum Gasteiger partial charge on any atom is 0.416 e. The molecule has 0 spiro atoms. The lowest BCUT2D eigenvalue weighted by Gasteiger charge is -2.30. The van der Waals surface area contributed by atoms with E-state index in [-0.39, 0.29) is 35.4 Å². The molecule has 2 atom stereocenters. The van der Waals surface area contributed by atoms with E-state index in [1.54, 1.807) is 45.0 Å². The second kappa shape index (κ2) is 13.2. The number of halogens is 4. The Morgan fingerprint density at radius 1 is 0.913 bits per heavy atom. The van der Waals surface area contributed by atoms with Gasteiger partial charge in [0.1, 0.15) is 17.0 Å². The highest BCUT2D eigenvalue weighted by Crippen LogP contribution is 2.43. The van der Waals surface area contributed by atoms with Crippen LogP contribution in [0.4, 0.5) is 13.2 Å². The van der Waals surface area contributed by atoms with Crippen LogP contribution in [-0.4, -0.2) is 22.2 Å². The summed E-state index contributed by atoms with van der Waals surface area (Å²) in [5.41, 5.74) is 1.10. The van der Waals surface area contributed by atoms with Gasteiger partial charge in [0, 0.05) is 21.6 Å². The third kappa shape index (κ3) is 7.36. The second-order valence-corrected chi connectivity index (χ2v) is 13.1. The summed E-state index contributed by atoms with van der Waals surface area (Å²) in [6, 6.07) is 27.7. The van der Waals surface area contributed by atoms with Crippen LogP contribution < -0.4 is 10.1 Å². The number of carbonyl (C=O) groups is 2. The minimum atomic E-state index is -4.58. The maximum atomic E-state index is 14.5. The Bertz CT molecular complexity index is 1750. The minimum absolute atomic E-state index is 0.0136. The summed E-state index contributed by atoms with van der Waals surface area (Å²) in [4.78, 5) is 30.4. The lowest BCUT2D eigenvalue weighted by molar-refractivity contribution is -0.137. The summed E-state index contributed by atoms with van der Waals surface area (Å²) in [6.07, 6.45) is -4.58. The molecule has 1 aliphatic heterocycles. The Balaban J connectivity index is 1.67. The van der Waals surface area contributed by atoms with Gasteiger partial charge >= 0.3 is 6.18 Å². The number of nitrogens with zero attached hydrogens (tertiary/aromatic N) is 1. The summed E-state index contributed by atoms with van der Waals surface area (Å²) in [7, 11) is 0. The largest absolute Gasteiger partial charge is 0.488 e. The molecule has 238 valence electrons. The molecule has 46 heavy (non-hydrogen) atoms. The molecule has 4 aromatic rings. The van der Waals surface area contributed by atoms with Crippen LogP contribution in [0.15, 0.2) is 119 Å². The van der Waals surface area contributed by atoms with Gasteiger partial charge < -0.3 is 15.0 Å². The Kier molecular flexibility index (Phi) is 9.44. The van der Waals surface area contributed by atoms with E-state index >= 15 is 0 Å². The van der Waals surface area contributed by atoms with Gasteiger partial charge in [-0.15, -0.1) is 0 Å². The SMILES string of the molecule is C[C@@H](NC1=C(C(=O)c2ccccc2)C(c2ccc(Br)cc2)N(Cc2ccc(C(F)(F)F)cc2OC(C)(C)C)C1=O)c1ccccc1. The van der Waals surface area contributed by atoms with Crippen molar-refractivity contribution in [1.29, 1.82) is 0 Å². The molecule has 0 aliphatic carbocycles. The monoisotopic (exact) mass is 690 g/mol. The Morgan fingerprint density at radius 3 is 2.11 bits per heavy atom.